The molecular weight excluding hydrogens is 469 g/mol. The smallest absolute Gasteiger partial charge is 0.350 e. The summed E-state index contributed by atoms with van der Waals surface area (Å²) < 4.78 is 24.0. The molecule has 8 heteroatoms. The fourth-order valence-electron chi connectivity index (χ4n) is 5.03. The highest BCUT2D eigenvalue weighted by Gasteiger charge is 2.21. The van der Waals surface area contributed by atoms with Crippen LogP contribution in [-0.2, 0) is 24.5 Å². The molecule has 1 aliphatic heterocycles. The molecule has 0 radical (unpaired) electrons. The van der Waals surface area contributed by atoms with Crippen LogP contribution < -0.4 is 10.6 Å². The maximum atomic E-state index is 15.5. The monoisotopic (exact) mass is 503 g/mol. The molecule has 5 rings (SSSR count). The lowest BCUT2D eigenvalue weighted by atomic mass is 9.97. The van der Waals surface area contributed by atoms with E-state index in [1.54, 1.807) is 6.07 Å². The second-order valence-electron chi connectivity index (χ2n) is 9.93. The number of anilines is 1. The van der Waals surface area contributed by atoms with E-state index in [0.29, 0.717) is 24.5 Å². The number of hydrogen-bond acceptors (Lipinski definition) is 5. The topological polar surface area (TPSA) is 65.2 Å². The molecule has 2 aromatic carbocycles. The number of halogens is 1. The van der Waals surface area contributed by atoms with Crippen molar-refractivity contribution in [2.45, 2.75) is 65.7 Å². The maximum absolute atomic E-state index is 15.5. The maximum Gasteiger partial charge on any atom is 0.350 e. The van der Waals surface area contributed by atoms with Crippen LogP contribution in [0, 0.1) is 5.82 Å². The summed E-state index contributed by atoms with van der Waals surface area (Å²) in [4.78, 5) is 20.3. The average Bonchev–Trinajstić information content (AvgIpc) is 3.23. The first-order valence-electron chi connectivity index (χ1n) is 13.2. The molecular formula is C29H34FN5O2. The quantitative estimate of drug-likeness (QED) is 0.314. The van der Waals surface area contributed by atoms with Crippen molar-refractivity contribution in [3.63, 3.8) is 0 Å². The fraction of sp³-hybridized carbons (Fsp3) is 0.414. The molecule has 0 N–H and O–H groups in total. The van der Waals surface area contributed by atoms with Gasteiger partial charge in [0.15, 0.2) is 11.6 Å². The normalized spacial score (nSPS) is 14.1. The zero-order valence-corrected chi connectivity index (χ0v) is 21.8. The second kappa shape index (κ2) is 10.8. The van der Waals surface area contributed by atoms with Crippen LogP contribution in [0.2, 0.25) is 0 Å². The molecule has 1 saturated heterocycles. The molecule has 0 spiro atoms. The van der Waals surface area contributed by atoms with E-state index in [1.165, 1.54) is 17.1 Å². The van der Waals surface area contributed by atoms with Gasteiger partial charge >= 0.3 is 5.69 Å². The summed E-state index contributed by atoms with van der Waals surface area (Å²) in [6, 6.07) is 15.1. The van der Waals surface area contributed by atoms with Gasteiger partial charge in [-0.3, -0.25) is 4.57 Å². The largest absolute Gasteiger partial charge is 0.369 e. The van der Waals surface area contributed by atoms with E-state index in [4.69, 9.17) is 9.72 Å². The van der Waals surface area contributed by atoms with Crippen LogP contribution in [0.3, 0.4) is 0 Å². The van der Waals surface area contributed by atoms with E-state index < -0.39 is 5.82 Å². The van der Waals surface area contributed by atoms with E-state index in [0.717, 1.165) is 52.9 Å². The Labute approximate surface area is 216 Å². The summed E-state index contributed by atoms with van der Waals surface area (Å²) in [5.41, 5.74) is 2.46. The first-order chi connectivity index (χ1) is 18.0. The lowest BCUT2D eigenvalue weighted by Crippen LogP contribution is -2.30. The van der Waals surface area contributed by atoms with Crippen LogP contribution in [0.25, 0.3) is 16.6 Å². The fourth-order valence-corrected chi connectivity index (χ4v) is 5.03. The van der Waals surface area contributed by atoms with Gasteiger partial charge in [0.05, 0.1) is 12.1 Å². The highest BCUT2D eigenvalue weighted by Crippen LogP contribution is 2.32. The molecule has 7 nitrogen and oxygen atoms in total. The zero-order chi connectivity index (χ0) is 25.9. The van der Waals surface area contributed by atoms with Crippen molar-refractivity contribution < 1.29 is 9.13 Å². The van der Waals surface area contributed by atoms with Crippen molar-refractivity contribution in [2.24, 2.45) is 0 Å². The number of fused-ring (bicyclic) bond motifs is 1. The van der Waals surface area contributed by atoms with Gasteiger partial charge in [-0.05, 0) is 55.4 Å². The molecule has 1 fully saturated rings. The third-order valence-electron chi connectivity index (χ3n) is 7.02. The molecule has 4 aromatic rings. The van der Waals surface area contributed by atoms with Crippen molar-refractivity contribution in [1.82, 2.24) is 19.3 Å². The van der Waals surface area contributed by atoms with E-state index in [9.17, 15) is 4.79 Å². The molecule has 37 heavy (non-hydrogen) atoms. The Kier molecular flexibility index (Phi) is 7.37. The summed E-state index contributed by atoms with van der Waals surface area (Å²) in [7, 11) is 0. The van der Waals surface area contributed by atoms with Gasteiger partial charge < -0.3 is 9.64 Å². The van der Waals surface area contributed by atoms with Gasteiger partial charge in [0.1, 0.15) is 18.1 Å². The number of piperidine rings is 1. The minimum atomic E-state index is -0.523. The Morgan fingerprint density at radius 2 is 1.78 bits per heavy atom. The van der Waals surface area contributed by atoms with E-state index >= 15 is 4.39 Å². The van der Waals surface area contributed by atoms with Crippen LogP contribution in [0.15, 0.2) is 53.3 Å². The number of nitrogens with zero attached hydrogens (tertiary/aromatic N) is 5. The molecule has 0 unspecified atom stereocenters. The zero-order valence-electron chi connectivity index (χ0n) is 21.8. The van der Waals surface area contributed by atoms with Crippen molar-refractivity contribution in [1.29, 1.82) is 0 Å². The number of pyridine rings is 1. The molecule has 194 valence electrons. The molecule has 2 aromatic heterocycles. The lowest BCUT2D eigenvalue weighted by molar-refractivity contribution is 0.0989. The summed E-state index contributed by atoms with van der Waals surface area (Å²) in [6.07, 6.45) is 3.52. The molecule has 0 atom stereocenters. The van der Waals surface area contributed by atoms with Gasteiger partial charge in [-0.15, -0.1) is 5.10 Å². The van der Waals surface area contributed by atoms with Crippen LogP contribution in [0.1, 0.15) is 62.9 Å². The van der Waals surface area contributed by atoms with E-state index in [2.05, 4.69) is 29.9 Å². The minimum Gasteiger partial charge on any atom is -0.369 e. The third kappa shape index (κ3) is 5.16. The van der Waals surface area contributed by atoms with Crippen molar-refractivity contribution >= 4 is 16.7 Å². The van der Waals surface area contributed by atoms with Crippen molar-refractivity contribution in [3.8, 4) is 5.69 Å². The van der Waals surface area contributed by atoms with Gasteiger partial charge in [0.2, 0.25) is 0 Å². The van der Waals surface area contributed by atoms with Crippen LogP contribution in [0.4, 0.5) is 10.2 Å². The van der Waals surface area contributed by atoms with Gasteiger partial charge in [-0.25, -0.2) is 14.2 Å². The van der Waals surface area contributed by atoms with Gasteiger partial charge in [-0.2, -0.15) is 4.68 Å². The van der Waals surface area contributed by atoms with E-state index in [-0.39, 0.29) is 23.9 Å². The molecule has 0 bridgehead atoms. The predicted molar refractivity (Wildman–Crippen MR) is 144 cm³/mol. The Bertz CT molecular complexity index is 1440. The number of rotatable bonds is 8. The third-order valence-corrected chi connectivity index (χ3v) is 7.02. The Morgan fingerprint density at radius 3 is 2.49 bits per heavy atom. The average molecular weight is 504 g/mol. The van der Waals surface area contributed by atoms with Gasteiger partial charge in [0, 0.05) is 31.1 Å². The van der Waals surface area contributed by atoms with Crippen LogP contribution in [0.5, 0.6) is 0 Å². The van der Waals surface area contributed by atoms with Crippen LogP contribution >= 0.6 is 0 Å². The minimum absolute atomic E-state index is 0.128. The summed E-state index contributed by atoms with van der Waals surface area (Å²) in [5, 5.41) is 5.33. The number of ether oxygens (including phenoxy) is 1. The first kappa shape index (κ1) is 25.1. The Hall–Kier alpha value is -3.52. The first-order valence-corrected chi connectivity index (χ1v) is 13.2. The number of aromatic nitrogens is 4. The number of benzene rings is 2. The molecule has 0 saturated carbocycles. The van der Waals surface area contributed by atoms with Crippen molar-refractivity contribution in [3.05, 3.63) is 81.8 Å². The van der Waals surface area contributed by atoms with Crippen molar-refractivity contribution in [2.75, 3.05) is 18.0 Å². The summed E-state index contributed by atoms with van der Waals surface area (Å²) >= 11 is 0. The van der Waals surface area contributed by atoms with Gasteiger partial charge in [-0.1, -0.05) is 44.2 Å². The summed E-state index contributed by atoms with van der Waals surface area (Å²) in [5.74, 6) is 1.04. The van der Waals surface area contributed by atoms with E-state index in [1.807, 2.05) is 37.3 Å². The lowest BCUT2D eigenvalue weighted by Gasteiger charge is -2.29. The highest BCUT2D eigenvalue weighted by atomic mass is 19.1. The van der Waals surface area contributed by atoms with Gasteiger partial charge in [0.25, 0.3) is 0 Å². The summed E-state index contributed by atoms with van der Waals surface area (Å²) in [6.45, 7) is 9.02. The SMILES string of the molecule is CCn1c(COCc2ccccc2)nn(-c2cc3c(C(C)C)cc(N4CCCCC4)nc3cc2F)c1=O. The molecule has 0 aliphatic carbocycles. The standard InChI is InChI=1S/C29H34FN5O2/c1-4-34-28(19-37-18-21-11-7-5-8-12-21)32-35(29(34)36)26-15-23-22(20(2)3)16-27(31-25(23)17-24(26)30)33-13-9-6-10-14-33/h5,7-8,11-12,15-17,20H,4,6,9-10,13-14,18-19H2,1-3H3. The molecule has 0 amide bonds. The number of hydrogen-bond donors (Lipinski definition) is 0. The highest BCUT2D eigenvalue weighted by molar-refractivity contribution is 5.86. The Balaban J connectivity index is 1.51. The Morgan fingerprint density at radius 1 is 1.03 bits per heavy atom. The van der Waals surface area contributed by atoms with Crippen LogP contribution in [-0.4, -0.2) is 32.4 Å². The predicted octanol–water partition coefficient (Wildman–Crippen LogP) is 5.57. The molecule has 3 heterocycles. The second-order valence-corrected chi connectivity index (χ2v) is 9.93. The molecule has 1 aliphatic rings.